The van der Waals surface area contributed by atoms with Gasteiger partial charge in [-0.05, 0) is 30.9 Å². The third kappa shape index (κ3) is 3.86. The van der Waals surface area contributed by atoms with E-state index in [0.717, 1.165) is 44.2 Å². The van der Waals surface area contributed by atoms with Gasteiger partial charge in [0.25, 0.3) is 0 Å². The highest BCUT2D eigenvalue weighted by molar-refractivity contribution is 5.76. The standard InChI is InChI=1S/C19H26N6O/c26-19(14-16-4-2-1-3-5-16)24-12-10-23(11-13-24)17-6-7-18(22-21-17)25-9-8-20-15-25/h6-9,15-16H,1-5,10-14H2. The van der Waals surface area contributed by atoms with Crippen LogP contribution in [0.2, 0.25) is 0 Å². The molecule has 7 nitrogen and oxygen atoms in total. The fourth-order valence-electron chi connectivity index (χ4n) is 3.97. The van der Waals surface area contributed by atoms with Gasteiger partial charge in [-0.1, -0.05) is 19.3 Å². The highest BCUT2D eigenvalue weighted by Gasteiger charge is 2.25. The van der Waals surface area contributed by atoms with Crippen LogP contribution in [0.1, 0.15) is 38.5 Å². The van der Waals surface area contributed by atoms with E-state index in [0.29, 0.717) is 11.8 Å². The van der Waals surface area contributed by atoms with E-state index in [1.165, 1.54) is 32.1 Å². The predicted octanol–water partition coefficient (Wildman–Crippen LogP) is 2.28. The molecule has 0 bridgehead atoms. The summed E-state index contributed by atoms with van der Waals surface area (Å²) >= 11 is 0. The maximum Gasteiger partial charge on any atom is 0.222 e. The summed E-state index contributed by atoms with van der Waals surface area (Å²) < 4.78 is 1.83. The van der Waals surface area contributed by atoms with E-state index < -0.39 is 0 Å². The van der Waals surface area contributed by atoms with Crippen molar-refractivity contribution in [2.45, 2.75) is 38.5 Å². The second kappa shape index (κ2) is 7.85. The Morgan fingerprint density at radius 3 is 2.38 bits per heavy atom. The Morgan fingerprint density at radius 2 is 1.73 bits per heavy atom. The van der Waals surface area contributed by atoms with Gasteiger partial charge in [0.05, 0.1) is 0 Å². The topological polar surface area (TPSA) is 67.2 Å². The molecule has 26 heavy (non-hydrogen) atoms. The number of piperazine rings is 1. The third-order valence-electron chi connectivity index (χ3n) is 5.55. The average molecular weight is 354 g/mol. The van der Waals surface area contributed by atoms with Crippen molar-refractivity contribution in [2.75, 3.05) is 31.1 Å². The molecule has 2 aliphatic rings. The normalized spacial score (nSPS) is 18.9. The molecule has 1 aliphatic heterocycles. The first-order chi connectivity index (χ1) is 12.8. The summed E-state index contributed by atoms with van der Waals surface area (Å²) in [5, 5.41) is 8.62. The summed E-state index contributed by atoms with van der Waals surface area (Å²) in [5.41, 5.74) is 0. The van der Waals surface area contributed by atoms with Gasteiger partial charge < -0.3 is 9.80 Å². The second-order valence-electron chi connectivity index (χ2n) is 7.30. The summed E-state index contributed by atoms with van der Waals surface area (Å²) in [6, 6.07) is 3.94. The van der Waals surface area contributed by atoms with Gasteiger partial charge in [-0.3, -0.25) is 9.36 Å². The zero-order valence-electron chi connectivity index (χ0n) is 15.1. The molecule has 0 N–H and O–H groups in total. The van der Waals surface area contributed by atoms with E-state index in [2.05, 4.69) is 20.1 Å². The number of nitrogens with zero attached hydrogens (tertiary/aromatic N) is 6. The lowest BCUT2D eigenvalue weighted by Gasteiger charge is -2.36. The molecule has 0 radical (unpaired) electrons. The predicted molar refractivity (Wildman–Crippen MR) is 99.1 cm³/mol. The second-order valence-corrected chi connectivity index (χ2v) is 7.30. The Morgan fingerprint density at radius 1 is 1.00 bits per heavy atom. The maximum atomic E-state index is 12.6. The molecule has 2 fully saturated rings. The van der Waals surface area contributed by atoms with Crippen LogP contribution in [-0.2, 0) is 4.79 Å². The molecule has 1 amide bonds. The minimum absolute atomic E-state index is 0.332. The van der Waals surface area contributed by atoms with Crippen LogP contribution in [-0.4, -0.2) is 56.7 Å². The SMILES string of the molecule is O=C(CC1CCCCC1)N1CCN(c2ccc(-n3ccnc3)nn2)CC1. The summed E-state index contributed by atoms with van der Waals surface area (Å²) in [4.78, 5) is 20.8. The Labute approximate surface area is 154 Å². The summed E-state index contributed by atoms with van der Waals surface area (Å²) in [6.07, 6.45) is 12.4. The van der Waals surface area contributed by atoms with Crippen LogP contribution in [0, 0.1) is 5.92 Å². The fraction of sp³-hybridized carbons (Fsp3) is 0.579. The van der Waals surface area contributed by atoms with Crippen LogP contribution < -0.4 is 4.90 Å². The number of imidazole rings is 1. The van der Waals surface area contributed by atoms with Gasteiger partial charge in [0.2, 0.25) is 5.91 Å². The molecule has 0 atom stereocenters. The minimum Gasteiger partial charge on any atom is -0.352 e. The number of hydrogen-bond acceptors (Lipinski definition) is 5. The first-order valence-corrected chi connectivity index (χ1v) is 9.64. The van der Waals surface area contributed by atoms with E-state index in [1.807, 2.05) is 27.8 Å². The van der Waals surface area contributed by atoms with Crippen LogP contribution in [0.15, 0.2) is 30.9 Å². The van der Waals surface area contributed by atoms with Crippen molar-refractivity contribution >= 4 is 11.7 Å². The van der Waals surface area contributed by atoms with Crippen LogP contribution in [0.5, 0.6) is 0 Å². The maximum absolute atomic E-state index is 12.6. The molecule has 7 heteroatoms. The number of carbonyl (C=O) groups excluding carboxylic acids is 1. The Kier molecular flexibility index (Phi) is 5.13. The van der Waals surface area contributed by atoms with Crippen LogP contribution in [0.25, 0.3) is 5.82 Å². The van der Waals surface area contributed by atoms with Crippen molar-refractivity contribution in [3.05, 3.63) is 30.9 Å². The number of aromatic nitrogens is 4. The van der Waals surface area contributed by atoms with Crippen molar-refractivity contribution in [3.8, 4) is 5.82 Å². The molecule has 4 rings (SSSR count). The van der Waals surface area contributed by atoms with Crippen LogP contribution in [0.4, 0.5) is 5.82 Å². The monoisotopic (exact) mass is 354 g/mol. The van der Waals surface area contributed by atoms with Gasteiger partial charge in [-0.2, -0.15) is 0 Å². The molecule has 2 aromatic heterocycles. The third-order valence-corrected chi connectivity index (χ3v) is 5.55. The molecule has 0 unspecified atom stereocenters. The first kappa shape index (κ1) is 17.0. The molecule has 1 saturated carbocycles. The average Bonchev–Trinajstić information content (AvgIpc) is 3.24. The number of carbonyl (C=O) groups is 1. The molecule has 138 valence electrons. The van der Waals surface area contributed by atoms with Crippen molar-refractivity contribution in [3.63, 3.8) is 0 Å². The van der Waals surface area contributed by atoms with E-state index in [1.54, 1.807) is 12.5 Å². The molecule has 3 heterocycles. The van der Waals surface area contributed by atoms with Crippen molar-refractivity contribution < 1.29 is 4.79 Å². The van der Waals surface area contributed by atoms with Gasteiger partial charge in [-0.25, -0.2) is 4.98 Å². The quantitative estimate of drug-likeness (QED) is 0.843. The minimum atomic E-state index is 0.332. The zero-order valence-corrected chi connectivity index (χ0v) is 15.1. The van der Waals surface area contributed by atoms with E-state index >= 15 is 0 Å². The van der Waals surface area contributed by atoms with Crippen molar-refractivity contribution in [2.24, 2.45) is 5.92 Å². The molecule has 1 aliphatic carbocycles. The van der Waals surface area contributed by atoms with Gasteiger partial charge in [-0.15, -0.1) is 10.2 Å². The molecular formula is C19H26N6O. The lowest BCUT2D eigenvalue weighted by molar-refractivity contribution is -0.132. The van der Waals surface area contributed by atoms with Gasteiger partial charge in [0.1, 0.15) is 6.33 Å². The Bertz CT molecular complexity index is 700. The molecule has 2 aromatic rings. The number of anilines is 1. The van der Waals surface area contributed by atoms with Gasteiger partial charge in [0, 0.05) is 45.0 Å². The summed E-state index contributed by atoms with van der Waals surface area (Å²) in [6.45, 7) is 3.18. The summed E-state index contributed by atoms with van der Waals surface area (Å²) in [7, 11) is 0. The van der Waals surface area contributed by atoms with E-state index in [-0.39, 0.29) is 0 Å². The summed E-state index contributed by atoms with van der Waals surface area (Å²) in [5.74, 6) is 2.56. The largest absolute Gasteiger partial charge is 0.352 e. The lowest BCUT2D eigenvalue weighted by atomic mass is 9.86. The molecule has 1 saturated heterocycles. The van der Waals surface area contributed by atoms with E-state index in [9.17, 15) is 4.79 Å². The highest BCUT2D eigenvalue weighted by Crippen LogP contribution is 2.27. The van der Waals surface area contributed by atoms with Crippen LogP contribution in [0.3, 0.4) is 0 Å². The van der Waals surface area contributed by atoms with Crippen molar-refractivity contribution in [1.82, 2.24) is 24.6 Å². The molecular weight excluding hydrogens is 328 g/mol. The first-order valence-electron chi connectivity index (χ1n) is 9.64. The number of amides is 1. The number of hydrogen-bond donors (Lipinski definition) is 0. The lowest BCUT2D eigenvalue weighted by Crippen LogP contribution is -2.49. The fourth-order valence-corrected chi connectivity index (χ4v) is 3.97. The number of rotatable bonds is 4. The Balaban J connectivity index is 1.29. The van der Waals surface area contributed by atoms with Gasteiger partial charge >= 0.3 is 0 Å². The Hall–Kier alpha value is -2.44. The van der Waals surface area contributed by atoms with E-state index in [4.69, 9.17) is 0 Å². The van der Waals surface area contributed by atoms with Crippen LogP contribution >= 0.6 is 0 Å². The smallest absolute Gasteiger partial charge is 0.222 e. The van der Waals surface area contributed by atoms with Crippen molar-refractivity contribution in [1.29, 1.82) is 0 Å². The van der Waals surface area contributed by atoms with Gasteiger partial charge in [0.15, 0.2) is 11.6 Å². The molecule has 0 spiro atoms. The zero-order chi connectivity index (χ0) is 17.8. The molecule has 0 aromatic carbocycles. The highest BCUT2D eigenvalue weighted by atomic mass is 16.2.